The zero-order valence-corrected chi connectivity index (χ0v) is 16.0. The second-order valence-electron chi connectivity index (χ2n) is 7.15. The van der Waals surface area contributed by atoms with E-state index >= 15 is 0 Å². The van der Waals surface area contributed by atoms with Gasteiger partial charge in [-0.25, -0.2) is 0 Å². The molecular weight excluding hydrogens is 349 g/mol. The van der Waals surface area contributed by atoms with Crippen LogP contribution in [0.15, 0.2) is 24.5 Å². The molecule has 2 heterocycles. The molecule has 3 atom stereocenters. The number of nitrogens with two attached hydrogens (primary N) is 1. The maximum Gasteiger partial charge on any atom is 0.243 e. The second-order valence-corrected chi connectivity index (χ2v) is 7.15. The largest absolute Gasteiger partial charge is 0.377 e. The van der Waals surface area contributed by atoms with Crippen molar-refractivity contribution in [1.82, 2.24) is 9.88 Å². The quantitative estimate of drug-likeness (QED) is 0.880. The Hall–Kier alpha value is -0.880. The van der Waals surface area contributed by atoms with E-state index in [0.29, 0.717) is 6.54 Å². The first kappa shape index (κ1) is 21.2. The lowest BCUT2D eigenvalue weighted by Crippen LogP contribution is -2.82. The van der Waals surface area contributed by atoms with Crippen molar-refractivity contribution in [2.75, 3.05) is 13.7 Å². The summed E-state index contributed by atoms with van der Waals surface area (Å²) in [5, 5.41) is 0. The molecule has 1 aromatic rings. The minimum atomic E-state index is -0.838. The summed E-state index contributed by atoms with van der Waals surface area (Å²) in [5.74, 6) is 0.133. The van der Waals surface area contributed by atoms with Crippen LogP contribution < -0.4 is 5.73 Å². The highest BCUT2D eigenvalue weighted by Crippen LogP contribution is 2.57. The van der Waals surface area contributed by atoms with E-state index in [4.69, 9.17) is 10.5 Å². The molecule has 0 aromatic carbocycles. The van der Waals surface area contributed by atoms with Gasteiger partial charge in [-0.1, -0.05) is 19.9 Å². The molecule has 3 unspecified atom stereocenters. The Labute approximate surface area is 156 Å². The van der Waals surface area contributed by atoms with Crippen LogP contribution in [0.1, 0.15) is 32.3 Å². The van der Waals surface area contributed by atoms with Crippen molar-refractivity contribution >= 4 is 30.7 Å². The fourth-order valence-corrected chi connectivity index (χ4v) is 4.16. The lowest BCUT2D eigenvalue weighted by atomic mass is 9.46. The molecule has 1 aromatic heterocycles. The number of amides is 1. The number of hydrogen-bond donors (Lipinski definition) is 1. The SMILES string of the molecule is CN(Cc1cccnc1)C(=O)C1(N)C2CCCOC2C1(C)C.Cl.Cl. The summed E-state index contributed by atoms with van der Waals surface area (Å²) in [6.07, 6.45) is 5.56. The molecule has 1 amide bonds. The van der Waals surface area contributed by atoms with Gasteiger partial charge in [-0.3, -0.25) is 9.78 Å². The van der Waals surface area contributed by atoms with Crippen molar-refractivity contribution < 1.29 is 9.53 Å². The van der Waals surface area contributed by atoms with Crippen molar-refractivity contribution in [2.24, 2.45) is 17.1 Å². The van der Waals surface area contributed by atoms with Crippen LogP contribution in [-0.4, -0.2) is 41.1 Å². The van der Waals surface area contributed by atoms with Crippen molar-refractivity contribution in [3.05, 3.63) is 30.1 Å². The fourth-order valence-electron chi connectivity index (χ4n) is 4.16. The van der Waals surface area contributed by atoms with Crippen molar-refractivity contribution in [2.45, 2.75) is 44.9 Å². The molecule has 0 radical (unpaired) electrons. The minimum Gasteiger partial charge on any atom is -0.377 e. The molecule has 24 heavy (non-hydrogen) atoms. The van der Waals surface area contributed by atoms with Crippen LogP contribution in [0.25, 0.3) is 0 Å². The lowest BCUT2D eigenvalue weighted by Gasteiger charge is -2.65. The highest BCUT2D eigenvalue weighted by Gasteiger charge is 2.70. The summed E-state index contributed by atoms with van der Waals surface area (Å²) in [6.45, 7) is 5.41. The summed E-state index contributed by atoms with van der Waals surface area (Å²) < 4.78 is 5.88. The highest BCUT2D eigenvalue weighted by atomic mass is 35.5. The Morgan fingerprint density at radius 3 is 2.79 bits per heavy atom. The van der Waals surface area contributed by atoms with Crippen LogP contribution >= 0.6 is 24.8 Å². The normalized spacial score (nSPS) is 30.0. The smallest absolute Gasteiger partial charge is 0.243 e. The first-order chi connectivity index (χ1) is 10.4. The summed E-state index contributed by atoms with van der Waals surface area (Å²) in [7, 11) is 1.82. The molecule has 1 aliphatic heterocycles. The van der Waals surface area contributed by atoms with E-state index in [1.54, 1.807) is 17.3 Å². The Bertz CT molecular complexity index is 570. The fraction of sp³-hybridized carbons (Fsp3) is 0.647. The van der Waals surface area contributed by atoms with Crippen molar-refractivity contribution in [1.29, 1.82) is 0 Å². The molecule has 3 rings (SSSR count). The van der Waals surface area contributed by atoms with Crippen LogP contribution in [0.3, 0.4) is 0 Å². The lowest BCUT2D eigenvalue weighted by molar-refractivity contribution is -0.229. The van der Waals surface area contributed by atoms with Crippen molar-refractivity contribution in [3.63, 3.8) is 0 Å². The molecule has 2 fully saturated rings. The average Bonchev–Trinajstić information content (AvgIpc) is 2.54. The van der Waals surface area contributed by atoms with E-state index in [-0.39, 0.29) is 48.2 Å². The maximum atomic E-state index is 13.0. The van der Waals surface area contributed by atoms with Crippen LogP contribution in [0, 0.1) is 11.3 Å². The van der Waals surface area contributed by atoms with E-state index < -0.39 is 5.54 Å². The van der Waals surface area contributed by atoms with E-state index in [1.165, 1.54) is 0 Å². The number of pyridine rings is 1. The van der Waals surface area contributed by atoms with Gasteiger partial charge >= 0.3 is 0 Å². The highest BCUT2D eigenvalue weighted by molar-refractivity contribution is 5.89. The monoisotopic (exact) mass is 375 g/mol. The number of rotatable bonds is 3. The first-order valence-electron chi connectivity index (χ1n) is 7.94. The van der Waals surface area contributed by atoms with Gasteiger partial charge in [0.25, 0.3) is 0 Å². The molecule has 0 spiro atoms. The number of fused-ring (bicyclic) bond motifs is 1. The Morgan fingerprint density at radius 1 is 1.46 bits per heavy atom. The van der Waals surface area contributed by atoms with E-state index in [9.17, 15) is 4.79 Å². The van der Waals surface area contributed by atoms with Crippen LogP contribution in [0.4, 0.5) is 0 Å². The molecule has 0 bridgehead atoms. The standard InChI is InChI=1S/C17H25N3O2.2ClH/c1-16(2)14-13(7-5-9-22-14)17(16,18)15(21)20(3)11-12-6-4-8-19-10-12;;/h4,6,8,10,13-14H,5,7,9,11,18H2,1-3H3;2*1H. The van der Waals surface area contributed by atoms with Gasteiger partial charge in [-0.05, 0) is 24.5 Å². The topological polar surface area (TPSA) is 68.5 Å². The summed E-state index contributed by atoms with van der Waals surface area (Å²) >= 11 is 0. The zero-order valence-electron chi connectivity index (χ0n) is 14.4. The van der Waals surface area contributed by atoms with Gasteiger partial charge in [0.1, 0.15) is 5.54 Å². The van der Waals surface area contributed by atoms with Gasteiger partial charge in [0, 0.05) is 43.9 Å². The maximum absolute atomic E-state index is 13.0. The third kappa shape index (κ3) is 3.03. The number of carbonyl (C=O) groups excluding carboxylic acids is 1. The van der Waals surface area contributed by atoms with Gasteiger partial charge in [0.05, 0.1) is 6.10 Å². The average molecular weight is 376 g/mol. The minimum absolute atomic E-state index is 0. The summed E-state index contributed by atoms with van der Waals surface area (Å²) in [5.41, 5.74) is 6.48. The number of likely N-dealkylation sites (N-methyl/N-ethyl adjacent to an activating group) is 1. The summed E-state index contributed by atoms with van der Waals surface area (Å²) in [4.78, 5) is 18.9. The van der Waals surface area contributed by atoms with Crippen LogP contribution in [0.5, 0.6) is 0 Å². The van der Waals surface area contributed by atoms with Gasteiger partial charge in [-0.15, -0.1) is 24.8 Å². The Morgan fingerprint density at radius 2 is 2.17 bits per heavy atom. The first-order valence-corrected chi connectivity index (χ1v) is 7.94. The number of halogens is 2. The molecule has 7 heteroatoms. The van der Waals surface area contributed by atoms with E-state index in [0.717, 1.165) is 25.0 Å². The molecule has 5 nitrogen and oxygen atoms in total. The summed E-state index contributed by atoms with van der Waals surface area (Å²) in [6, 6.07) is 3.85. The molecule has 2 aliphatic rings. The second kappa shape index (κ2) is 7.56. The molecule has 1 aliphatic carbocycles. The van der Waals surface area contributed by atoms with Crippen molar-refractivity contribution in [3.8, 4) is 0 Å². The van der Waals surface area contributed by atoms with Gasteiger partial charge in [-0.2, -0.15) is 0 Å². The molecule has 1 saturated heterocycles. The van der Waals surface area contributed by atoms with E-state index in [1.807, 2.05) is 19.2 Å². The Kier molecular flexibility index (Phi) is 6.67. The van der Waals surface area contributed by atoms with E-state index in [2.05, 4.69) is 18.8 Å². The number of ether oxygens (including phenoxy) is 1. The number of nitrogens with zero attached hydrogens (tertiary/aromatic N) is 2. The number of hydrogen-bond acceptors (Lipinski definition) is 4. The zero-order chi connectivity index (χ0) is 16.0. The molecular formula is C17H27Cl2N3O2. The van der Waals surface area contributed by atoms with Crippen LogP contribution in [-0.2, 0) is 16.1 Å². The predicted octanol–water partition coefficient (Wildman–Crippen LogP) is 2.42. The number of carbonyl (C=O) groups is 1. The molecule has 2 N–H and O–H groups in total. The third-order valence-corrected chi connectivity index (χ3v) is 5.53. The van der Waals surface area contributed by atoms with Crippen LogP contribution in [0.2, 0.25) is 0 Å². The predicted molar refractivity (Wildman–Crippen MR) is 98.4 cm³/mol. The Balaban J connectivity index is 0.00000144. The van der Waals surface area contributed by atoms with Gasteiger partial charge in [0.15, 0.2) is 0 Å². The molecule has 136 valence electrons. The number of aromatic nitrogens is 1. The van der Waals surface area contributed by atoms with Gasteiger partial charge in [0.2, 0.25) is 5.91 Å². The molecule has 1 saturated carbocycles. The third-order valence-electron chi connectivity index (χ3n) is 5.53. The van der Waals surface area contributed by atoms with Gasteiger partial charge < -0.3 is 15.4 Å².